The van der Waals surface area contributed by atoms with Crippen molar-refractivity contribution in [2.24, 2.45) is 5.92 Å². The number of rotatable bonds is 5. The van der Waals surface area contributed by atoms with Crippen molar-refractivity contribution in [3.05, 3.63) is 57.5 Å². The van der Waals surface area contributed by atoms with E-state index in [1.54, 1.807) is 30.3 Å². The Hall–Kier alpha value is -2.38. The van der Waals surface area contributed by atoms with Crippen molar-refractivity contribution in [2.75, 3.05) is 23.4 Å². The second-order valence-electron chi connectivity index (χ2n) is 6.47. The zero-order chi connectivity index (χ0) is 20.3. The maximum Gasteiger partial charge on any atom is 0.311 e. The Labute approximate surface area is 175 Å². The average molecular weight is 466 g/mol. The van der Waals surface area contributed by atoms with Crippen molar-refractivity contribution in [3.8, 4) is 0 Å². The molecule has 0 aromatic heterocycles. The van der Waals surface area contributed by atoms with Crippen LogP contribution in [0.5, 0.6) is 0 Å². The van der Waals surface area contributed by atoms with Gasteiger partial charge in [0.1, 0.15) is 0 Å². The standard InChI is InChI=1S/C20H18BrClN2O4/c1-12-8-14(21)6-7-16(12)23-18(25)11-28-20(27)13-9-19(26)24(10-13)17-5-3-2-4-15(17)22/h2-8,13H,9-11H2,1H3,(H,23,25)/t13-/m1/s1. The summed E-state index contributed by atoms with van der Waals surface area (Å²) in [5.74, 6) is -1.85. The Morgan fingerprint density at radius 3 is 2.75 bits per heavy atom. The summed E-state index contributed by atoms with van der Waals surface area (Å²) < 4.78 is 6.02. The molecule has 1 saturated heterocycles. The quantitative estimate of drug-likeness (QED) is 0.679. The number of para-hydroxylation sites is 1. The molecule has 1 fully saturated rings. The number of hydrogen-bond donors (Lipinski definition) is 1. The van der Waals surface area contributed by atoms with Crippen molar-refractivity contribution < 1.29 is 19.1 Å². The minimum Gasteiger partial charge on any atom is -0.455 e. The van der Waals surface area contributed by atoms with E-state index in [1.807, 2.05) is 19.1 Å². The molecule has 1 aliphatic rings. The molecular weight excluding hydrogens is 448 g/mol. The molecule has 0 radical (unpaired) electrons. The largest absolute Gasteiger partial charge is 0.455 e. The van der Waals surface area contributed by atoms with Gasteiger partial charge in [-0.05, 0) is 42.8 Å². The molecule has 0 saturated carbocycles. The SMILES string of the molecule is Cc1cc(Br)ccc1NC(=O)COC(=O)[C@@H]1CC(=O)N(c2ccccc2Cl)C1. The van der Waals surface area contributed by atoms with Gasteiger partial charge in [-0.2, -0.15) is 0 Å². The van der Waals surface area contributed by atoms with Crippen molar-refractivity contribution in [1.29, 1.82) is 0 Å². The van der Waals surface area contributed by atoms with Crippen LogP contribution in [-0.4, -0.2) is 30.9 Å². The zero-order valence-corrected chi connectivity index (χ0v) is 17.4. The molecule has 6 nitrogen and oxygen atoms in total. The predicted molar refractivity (Wildman–Crippen MR) is 110 cm³/mol. The summed E-state index contributed by atoms with van der Waals surface area (Å²) in [5.41, 5.74) is 2.09. The number of amides is 2. The number of ether oxygens (including phenoxy) is 1. The second-order valence-corrected chi connectivity index (χ2v) is 7.79. The highest BCUT2D eigenvalue weighted by molar-refractivity contribution is 9.10. The first kappa shape index (κ1) is 20.4. The Bertz CT molecular complexity index is 934. The van der Waals surface area contributed by atoms with E-state index < -0.39 is 24.4 Å². The van der Waals surface area contributed by atoms with Crippen LogP contribution in [0.3, 0.4) is 0 Å². The molecule has 0 aliphatic carbocycles. The van der Waals surface area contributed by atoms with Gasteiger partial charge in [-0.15, -0.1) is 0 Å². The van der Waals surface area contributed by atoms with E-state index in [9.17, 15) is 14.4 Å². The lowest BCUT2D eigenvalue weighted by Crippen LogP contribution is -2.28. The van der Waals surface area contributed by atoms with E-state index in [0.29, 0.717) is 16.4 Å². The van der Waals surface area contributed by atoms with E-state index in [0.717, 1.165) is 10.0 Å². The van der Waals surface area contributed by atoms with Gasteiger partial charge in [-0.3, -0.25) is 14.4 Å². The molecule has 8 heteroatoms. The van der Waals surface area contributed by atoms with Crippen LogP contribution in [0.4, 0.5) is 11.4 Å². The number of nitrogens with zero attached hydrogens (tertiary/aromatic N) is 1. The first-order chi connectivity index (χ1) is 13.3. The van der Waals surface area contributed by atoms with Crippen molar-refractivity contribution >= 4 is 56.7 Å². The molecule has 1 heterocycles. The van der Waals surface area contributed by atoms with E-state index >= 15 is 0 Å². The average Bonchev–Trinajstić information content (AvgIpc) is 3.04. The molecule has 146 valence electrons. The Kier molecular flexibility index (Phi) is 6.36. The molecule has 3 rings (SSSR count). The summed E-state index contributed by atoms with van der Waals surface area (Å²) in [7, 11) is 0. The van der Waals surface area contributed by atoms with Crippen LogP contribution in [0.25, 0.3) is 0 Å². The van der Waals surface area contributed by atoms with E-state index in [-0.39, 0.29) is 18.9 Å². The van der Waals surface area contributed by atoms with Gasteiger partial charge in [0.05, 0.1) is 16.6 Å². The van der Waals surface area contributed by atoms with Crippen LogP contribution in [0, 0.1) is 12.8 Å². The predicted octanol–water partition coefficient (Wildman–Crippen LogP) is 3.95. The summed E-state index contributed by atoms with van der Waals surface area (Å²) in [6.45, 7) is 1.62. The van der Waals surface area contributed by atoms with Crippen LogP contribution in [0.1, 0.15) is 12.0 Å². The van der Waals surface area contributed by atoms with E-state index in [4.69, 9.17) is 16.3 Å². The van der Waals surface area contributed by atoms with Crippen LogP contribution >= 0.6 is 27.5 Å². The van der Waals surface area contributed by atoms with Gasteiger partial charge in [0.2, 0.25) is 5.91 Å². The van der Waals surface area contributed by atoms with Gasteiger partial charge in [0, 0.05) is 23.1 Å². The van der Waals surface area contributed by atoms with E-state index in [2.05, 4.69) is 21.2 Å². The number of hydrogen-bond acceptors (Lipinski definition) is 4. The summed E-state index contributed by atoms with van der Waals surface area (Å²) in [6.07, 6.45) is 0.0253. The van der Waals surface area contributed by atoms with Crippen LogP contribution < -0.4 is 10.2 Å². The maximum atomic E-state index is 12.3. The molecule has 1 atom stereocenters. The van der Waals surface area contributed by atoms with Gasteiger partial charge >= 0.3 is 5.97 Å². The fraction of sp³-hybridized carbons (Fsp3) is 0.250. The fourth-order valence-corrected chi connectivity index (χ4v) is 3.69. The number of halogens is 2. The number of carbonyl (C=O) groups excluding carboxylic acids is 3. The number of anilines is 2. The molecule has 2 aromatic rings. The van der Waals surface area contributed by atoms with Crippen LogP contribution in [0.2, 0.25) is 5.02 Å². The summed E-state index contributed by atoms with van der Waals surface area (Å²) in [6, 6.07) is 12.4. The Morgan fingerprint density at radius 1 is 1.29 bits per heavy atom. The van der Waals surface area contributed by atoms with Gasteiger partial charge in [0.25, 0.3) is 5.91 Å². The summed E-state index contributed by atoms with van der Waals surface area (Å²) in [5, 5.41) is 3.14. The van der Waals surface area contributed by atoms with Gasteiger partial charge in [-0.1, -0.05) is 39.7 Å². The van der Waals surface area contributed by atoms with Gasteiger partial charge in [0.15, 0.2) is 6.61 Å². The molecule has 2 amide bonds. The Morgan fingerprint density at radius 2 is 2.04 bits per heavy atom. The first-order valence-electron chi connectivity index (χ1n) is 8.62. The van der Waals surface area contributed by atoms with Gasteiger partial charge < -0.3 is 15.0 Å². The lowest BCUT2D eigenvalue weighted by atomic mass is 10.1. The third-order valence-electron chi connectivity index (χ3n) is 4.41. The normalized spacial score (nSPS) is 16.2. The fourth-order valence-electron chi connectivity index (χ4n) is 2.98. The molecule has 0 unspecified atom stereocenters. The first-order valence-corrected chi connectivity index (χ1v) is 9.80. The minimum absolute atomic E-state index is 0.0253. The number of benzene rings is 2. The molecular formula is C20H18BrClN2O4. The molecule has 0 spiro atoms. The monoisotopic (exact) mass is 464 g/mol. The number of nitrogens with one attached hydrogen (secondary N) is 1. The van der Waals surface area contributed by atoms with Gasteiger partial charge in [-0.25, -0.2) is 0 Å². The zero-order valence-electron chi connectivity index (χ0n) is 15.1. The highest BCUT2D eigenvalue weighted by atomic mass is 79.9. The summed E-state index contributed by atoms with van der Waals surface area (Å²) in [4.78, 5) is 38.1. The number of carbonyl (C=O) groups is 3. The third kappa shape index (κ3) is 4.72. The van der Waals surface area contributed by atoms with Crippen molar-refractivity contribution in [3.63, 3.8) is 0 Å². The highest BCUT2D eigenvalue weighted by Gasteiger charge is 2.37. The third-order valence-corrected chi connectivity index (χ3v) is 5.22. The number of esters is 1. The van der Waals surface area contributed by atoms with Crippen molar-refractivity contribution in [1.82, 2.24) is 0 Å². The van der Waals surface area contributed by atoms with Crippen LogP contribution in [0.15, 0.2) is 46.9 Å². The molecule has 0 bridgehead atoms. The summed E-state index contributed by atoms with van der Waals surface area (Å²) >= 11 is 9.49. The highest BCUT2D eigenvalue weighted by Crippen LogP contribution is 2.31. The molecule has 1 aliphatic heterocycles. The van der Waals surface area contributed by atoms with Crippen molar-refractivity contribution in [2.45, 2.75) is 13.3 Å². The minimum atomic E-state index is -0.633. The maximum absolute atomic E-state index is 12.3. The lowest BCUT2D eigenvalue weighted by Gasteiger charge is -2.17. The second kappa shape index (κ2) is 8.75. The smallest absolute Gasteiger partial charge is 0.311 e. The van der Waals surface area contributed by atoms with E-state index in [1.165, 1.54) is 4.90 Å². The number of aryl methyl sites for hydroxylation is 1. The molecule has 2 aromatic carbocycles. The molecule has 28 heavy (non-hydrogen) atoms. The topological polar surface area (TPSA) is 75.7 Å². The van der Waals surface area contributed by atoms with Crippen LogP contribution in [-0.2, 0) is 19.1 Å². The lowest BCUT2D eigenvalue weighted by molar-refractivity contribution is -0.151. The molecule has 1 N–H and O–H groups in total. The Balaban J connectivity index is 1.54.